The first-order chi connectivity index (χ1) is 15.5. The molecule has 0 saturated carbocycles. The monoisotopic (exact) mass is 440 g/mol. The van der Waals surface area contributed by atoms with Gasteiger partial charge in [-0.15, -0.1) is 5.10 Å². The van der Waals surface area contributed by atoms with Crippen molar-refractivity contribution in [3.05, 3.63) is 29.8 Å². The number of nitrogens with two attached hydrogens (primary N) is 1. The number of ether oxygens (including phenoxy) is 1. The molecule has 4 rings (SSSR count). The third kappa shape index (κ3) is 4.54. The molecule has 3 aromatic rings. The number of aliphatic hydroxyl groups excluding tert-OH is 1. The zero-order valence-corrected chi connectivity index (χ0v) is 18.3. The number of hydrogen-bond donors (Lipinski definition) is 2. The van der Waals surface area contributed by atoms with E-state index in [-0.39, 0.29) is 6.61 Å². The van der Waals surface area contributed by atoms with Crippen molar-refractivity contribution < 1.29 is 14.6 Å². The minimum absolute atomic E-state index is 0.0832. The van der Waals surface area contributed by atoms with Crippen LogP contribution in [0.2, 0.25) is 0 Å². The van der Waals surface area contributed by atoms with Crippen molar-refractivity contribution in [2.75, 3.05) is 51.8 Å². The molecule has 1 aliphatic rings. The van der Waals surface area contributed by atoms with Gasteiger partial charge in [0.1, 0.15) is 6.04 Å². The summed E-state index contributed by atoms with van der Waals surface area (Å²) in [6.45, 7) is 3.06. The predicted molar refractivity (Wildman–Crippen MR) is 119 cm³/mol. The Balaban J connectivity index is 1.87. The molecule has 3 N–H and O–H groups in total. The van der Waals surface area contributed by atoms with Crippen LogP contribution in [-0.4, -0.2) is 87.8 Å². The number of carbonyl (C=O) groups excluding carboxylic acids is 1. The normalized spacial score (nSPS) is 15.4. The number of hydrogen-bond acceptors (Lipinski definition) is 9. The Morgan fingerprint density at radius 2 is 2.06 bits per heavy atom. The molecule has 1 amide bonds. The van der Waals surface area contributed by atoms with Crippen LogP contribution in [0.25, 0.3) is 22.6 Å². The summed E-state index contributed by atoms with van der Waals surface area (Å²) in [6.07, 6.45) is 0.479. The van der Waals surface area contributed by atoms with Crippen LogP contribution < -0.4 is 10.6 Å². The van der Waals surface area contributed by atoms with Crippen LogP contribution in [0.1, 0.15) is 18.0 Å². The first kappa shape index (κ1) is 22.1. The maximum absolute atomic E-state index is 12.3. The zero-order valence-electron chi connectivity index (χ0n) is 18.3. The summed E-state index contributed by atoms with van der Waals surface area (Å²) < 4.78 is 6.99. The highest BCUT2D eigenvalue weighted by Gasteiger charge is 2.27. The van der Waals surface area contributed by atoms with Gasteiger partial charge in [0.05, 0.1) is 19.8 Å². The second-order valence-corrected chi connectivity index (χ2v) is 8.05. The van der Waals surface area contributed by atoms with Crippen LogP contribution in [0.4, 0.5) is 5.82 Å². The first-order valence-electron chi connectivity index (χ1n) is 10.6. The van der Waals surface area contributed by atoms with E-state index in [4.69, 9.17) is 20.4 Å². The van der Waals surface area contributed by atoms with Gasteiger partial charge in [0, 0.05) is 25.2 Å². The quantitative estimate of drug-likeness (QED) is 0.503. The zero-order chi connectivity index (χ0) is 22.7. The first-order valence-corrected chi connectivity index (χ1v) is 10.6. The summed E-state index contributed by atoms with van der Waals surface area (Å²) in [7, 11) is 3.87. The van der Waals surface area contributed by atoms with E-state index < -0.39 is 11.9 Å². The van der Waals surface area contributed by atoms with Crippen LogP contribution >= 0.6 is 0 Å². The Hall–Kier alpha value is -3.15. The molecule has 0 spiro atoms. The van der Waals surface area contributed by atoms with Gasteiger partial charge in [0.15, 0.2) is 22.8 Å². The largest absolute Gasteiger partial charge is 0.392 e. The Kier molecular flexibility index (Phi) is 6.58. The van der Waals surface area contributed by atoms with Crippen LogP contribution in [0, 0.1) is 0 Å². The predicted octanol–water partition coefficient (Wildman–Crippen LogP) is 0.195. The van der Waals surface area contributed by atoms with Crippen molar-refractivity contribution >= 4 is 22.9 Å². The standard InChI is InChI=1S/C21H28N8O3/c1-27(2)7-6-16(18(22)31)29-21-17(25-26-29)20(28-8-10-32-11-9-28)23-19(24-21)15-5-3-4-14(12-15)13-30/h3-5,12,16,30H,6-11,13H2,1-2H3,(H2,22,31). The number of aliphatic hydroxyl groups is 1. The highest BCUT2D eigenvalue weighted by atomic mass is 16.5. The molecular formula is C21H28N8O3. The van der Waals surface area contributed by atoms with Crippen molar-refractivity contribution in [3.8, 4) is 11.4 Å². The summed E-state index contributed by atoms with van der Waals surface area (Å²) in [4.78, 5) is 25.9. The fourth-order valence-electron chi connectivity index (χ4n) is 3.72. The molecule has 1 saturated heterocycles. The number of nitrogens with zero attached hydrogens (tertiary/aromatic N) is 7. The molecule has 1 unspecified atom stereocenters. The molecule has 3 heterocycles. The molecular weight excluding hydrogens is 412 g/mol. The molecule has 1 aromatic carbocycles. The van der Waals surface area contributed by atoms with Gasteiger partial charge in [-0.2, -0.15) is 0 Å². The van der Waals surface area contributed by atoms with E-state index in [0.717, 1.165) is 11.1 Å². The molecule has 32 heavy (non-hydrogen) atoms. The van der Waals surface area contributed by atoms with Gasteiger partial charge >= 0.3 is 0 Å². The molecule has 11 nitrogen and oxygen atoms in total. The number of fused-ring (bicyclic) bond motifs is 1. The lowest BCUT2D eigenvalue weighted by Gasteiger charge is -2.28. The SMILES string of the molecule is CN(C)CCC(C(N)=O)n1nnc2c(N3CCOCC3)nc(-c3cccc(CO)c3)nc21. The minimum Gasteiger partial charge on any atom is -0.392 e. The summed E-state index contributed by atoms with van der Waals surface area (Å²) in [6, 6.07) is 6.72. The van der Waals surface area contributed by atoms with Gasteiger partial charge in [-0.05, 0) is 32.1 Å². The lowest BCUT2D eigenvalue weighted by molar-refractivity contribution is -0.121. The summed E-state index contributed by atoms with van der Waals surface area (Å²) in [5, 5.41) is 18.1. The minimum atomic E-state index is -0.688. The van der Waals surface area contributed by atoms with Crippen LogP contribution in [0.15, 0.2) is 24.3 Å². The topological polar surface area (TPSA) is 136 Å². The van der Waals surface area contributed by atoms with Crippen molar-refractivity contribution in [2.45, 2.75) is 19.1 Å². The molecule has 0 radical (unpaired) electrons. The number of amides is 1. The number of benzene rings is 1. The highest BCUT2D eigenvalue weighted by molar-refractivity contribution is 5.87. The van der Waals surface area contributed by atoms with E-state index >= 15 is 0 Å². The Morgan fingerprint density at radius 3 is 2.75 bits per heavy atom. The van der Waals surface area contributed by atoms with E-state index in [1.54, 1.807) is 0 Å². The van der Waals surface area contributed by atoms with Gasteiger partial charge in [0.25, 0.3) is 0 Å². The fourth-order valence-corrected chi connectivity index (χ4v) is 3.72. The Bertz CT molecular complexity index is 1090. The number of primary amides is 1. The number of carbonyl (C=O) groups is 1. The third-order valence-corrected chi connectivity index (χ3v) is 5.46. The molecule has 0 bridgehead atoms. The van der Waals surface area contributed by atoms with Gasteiger partial charge in [-0.1, -0.05) is 23.4 Å². The molecule has 2 aromatic heterocycles. The van der Waals surface area contributed by atoms with Gasteiger partial charge in [-0.3, -0.25) is 4.79 Å². The lowest BCUT2D eigenvalue weighted by atomic mass is 10.1. The molecule has 1 atom stereocenters. The molecule has 1 fully saturated rings. The van der Waals surface area contributed by atoms with E-state index in [9.17, 15) is 9.90 Å². The number of anilines is 1. The van der Waals surface area contributed by atoms with E-state index in [2.05, 4.69) is 15.2 Å². The third-order valence-electron chi connectivity index (χ3n) is 5.46. The average Bonchev–Trinajstić information content (AvgIpc) is 3.22. The van der Waals surface area contributed by atoms with E-state index in [1.807, 2.05) is 43.3 Å². The lowest BCUT2D eigenvalue weighted by Crippen LogP contribution is -2.37. The molecule has 1 aliphatic heterocycles. The number of aromatic nitrogens is 5. The summed E-state index contributed by atoms with van der Waals surface area (Å²) >= 11 is 0. The molecule has 170 valence electrons. The van der Waals surface area contributed by atoms with E-state index in [1.165, 1.54) is 4.68 Å². The maximum Gasteiger partial charge on any atom is 0.242 e. The number of morpholine rings is 1. The van der Waals surface area contributed by atoms with Gasteiger partial charge < -0.3 is 25.4 Å². The van der Waals surface area contributed by atoms with Gasteiger partial charge in [0.2, 0.25) is 5.91 Å². The number of rotatable bonds is 8. The smallest absolute Gasteiger partial charge is 0.242 e. The molecule has 0 aliphatic carbocycles. The Labute approximate surface area is 185 Å². The van der Waals surface area contributed by atoms with Gasteiger partial charge in [-0.25, -0.2) is 14.6 Å². The second-order valence-electron chi connectivity index (χ2n) is 8.05. The van der Waals surface area contributed by atoms with Crippen LogP contribution in [0.5, 0.6) is 0 Å². The van der Waals surface area contributed by atoms with Crippen molar-refractivity contribution in [1.82, 2.24) is 29.9 Å². The van der Waals surface area contributed by atoms with Crippen molar-refractivity contribution in [2.24, 2.45) is 5.73 Å². The molecule has 11 heteroatoms. The highest BCUT2D eigenvalue weighted by Crippen LogP contribution is 2.29. The van der Waals surface area contributed by atoms with Crippen molar-refractivity contribution in [3.63, 3.8) is 0 Å². The average molecular weight is 441 g/mol. The fraction of sp³-hybridized carbons (Fsp3) is 0.476. The summed E-state index contributed by atoms with van der Waals surface area (Å²) in [5.74, 6) is 0.618. The van der Waals surface area contributed by atoms with Crippen LogP contribution in [-0.2, 0) is 16.1 Å². The summed E-state index contributed by atoms with van der Waals surface area (Å²) in [5.41, 5.74) is 8.21. The Morgan fingerprint density at radius 1 is 1.28 bits per heavy atom. The maximum atomic E-state index is 12.3. The van der Waals surface area contributed by atoms with Crippen molar-refractivity contribution in [1.29, 1.82) is 0 Å². The van der Waals surface area contributed by atoms with E-state index in [0.29, 0.717) is 62.1 Å². The second kappa shape index (κ2) is 9.55. The van der Waals surface area contributed by atoms with Crippen LogP contribution in [0.3, 0.4) is 0 Å².